The van der Waals surface area contributed by atoms with Gasteiger partial charge in [-0.3, -0.25) is 9.59 Å². The topological polar surface area (TPSA) is 93.2 Å². The molecule has 0 saturated heterocycles. The van der Waals surface area contributed by atoms with Gasteiger partial charge in [0.1, 0.15) is 11.5 Å². The van der Waals surface area contributed by atoms with Crippen LogP contribution < -0.4 is 10.6 Å². The lowest BCUT2D eigenvalue weighted by atomic mass is 10.1. The van der Waals surface area contributed by atoms with Crippen LogP contribution in [0, 0.1) is 0 Å². The van der Waals surface area contributed by atoms with Crippen LogP contribution in [0.4, 0.5) is 11.5 Å². The molecule has 0 aliphatic carbocycles. The average molecular weight is 314 g/mol. The van der Waals surface area contributed by atoms with Crippen molar-refractivity contribution in [3.63, 3.8) is 0 Å². The van der Waals surface area contributed by atoms with Gasteiger partial charge in [0.25, 0.3) is 5.91 Å². The molecule has 0 fully saturated rings. The molecule has 2 aromatic rings. The van der Waals surface area contributed by atoms with Crippen molar-refractivity contribution in [1.29, 1.82) is 0 Å². The van der Waals surface area contributed by atoms with Gasteiger partial charge in [-0.25, -0.2) is 9.97 Å². The number of aromatic nitrogens is 2. The van der Waals surface area contributed by atoms with Gasteiger partial charge in [-0.2, -0.15) is 0 Å². The second kappa shape index (κ2) is 8.00. The van der Waals surface area contributed by atoms with Crippen LogP contribution in [0.25, 0.3) is 0 Å². The van der Waals surface area contributed by atoms with Crippen molar-refractivity contribution in [2.24, 2.45) is 0 Å². The molecule has 1 amide bonds. The molecule has 0 saturated carbocycles. The molecule has 23 heavy (non-hydrogen) atoms. The lowest BCUT2D eigenvalue weighted by molar-refractivity contribution is 0.101. The summed E-state index contributed by atoms with van der Waals surface area (Å²) in [7, 11) is 1.61. The van der Waals surface area contributed by atoms with E-state index >= 15 is 0 Å². The summed E-state index contributed by atoms with van der Waals surface area (Å²) < 4.78 is 4.92. The molecular formula is C16H18N4O3. The summed E-state index contributed by atoms with van der Waals surface area (Å²) in [6.45, 7) is 2.66. The van der Waals surface area contributed by atoms with E-state index in [0.717, 1.165) is 0 Å². The number of nitrogens with one attached hydrogen (secondary N) is 2. The number of ether oxygens (including phenoxy) is 1. The van der Waals surface area contributed by atoms with E-state index in [1.165, 1.54) is 19.3 Å². The molecule has 0 aliphatic rings. The van der Waals surface area contributed by atoms with E-state index in [-0.39, 0.29) is 17.4 Å². The summed E-state index contributed by atoms with van der Waals surface area (Å²) >= 11 is 0. The van der Waals surface area contributed by atoms with Gasteiger partial charge in [0, 0.05) is 24.9 Å². The van der Waals surface area contributed by atoms with E-state index in [1.807, 2.05) is 0 Å². The van der Waals surface area contributed by atoms with Crippen LogP contribution in [0.2, 0.25) is 0 Å². The molecule has 2 rings (SSSR count). The fraction of sp³-hybridized carbons (Fsp3) is 0.250. The maximum absolute atomic E-state index is 12.1. The first kappa shape index (κ1) is 16.6. The number of carbonyl (C=O) groups is 2. The third-order valence-electron chi connectivity index (χ3n) is 3.05. The zero-order chi connectivity index (χ0) is 16.7. The molecule has 0 spiro atoms. The van der Waals surface area contributed by atoms with Crippen molar-refractivity contribution in [1.82, 2.24) is 9.97 Å². The second-order valence-electron chi connectivity index (χ2n) is 4.79. The fourth-order valence-corrected chi connectivity index (χ4v) is 1.80. The number of rotatable bonds is 7. The predicted octanol–water partition coefficient (Wildman–Crippen LogP) is 1.99. The molecule has 7 nitrogen and oxygen atoms in total. The summed E-state index contributed by atoms with van der Waals surface area (Å²) in [4.78, 5) is 31.5. The van der Waals surface area contributed by atoms with Gasteiger partial charge in [-0.15, -0.1) is 0 Å². The number of ketones is 1. The van der Waals surface area contributed by atoms with Gasteiger partial charge >= 0.3 is 0 Å². The molecular weight excluding hydrogens is 296 g/mol. The van der Waals surface area contributed by atoms with Crippen molar-refractivity contribution >= 4 is 23.2 Å². The molecule has 2 N–H and O–H groups in total. The van der Waals surface area contributed by atoms with Gasteiger partial charge in [-0.1, -0.05) is 0 Å². The van der Waals surface area contributed by atoms with Crippen LogP contribution >= 0.6 is 0 Å². The lowest BCUT2D eigenvalue weighted by Gasteiger charge is -2.07. The Labute approximate surface area is 134 Å². The van der Waals surface area contributed by atoms with Crippen molar-refractivity contribution < 1.29 is 14.3 Å². The van der Waals surface area contributed by atoms with Crippen LogP contribution in [0.5, 0.6) is 0 Å². The van der Waals surface area contributed by atoms with Crippen LogP contribution in [-0.2, 0) is 4.74 Å². The minimum Gasteiger partial charge on any atom is -0.383 e. The third-order valence-corrected chi connectivity index (χ3v) is 3.05. The number of anilines is 2. The summed E-state index contributed by atoms with van der Waals surface area (Å²) in [5.74, 6) is 0.186. The zero-order valence-electron chi connectivity index (χ0n) is 13.0. The average Bonchev–Trinajstić information content (AvgIpc) is 2.56. The normalized spacial score (nSPS) is 10.2. The highest BCUT2D eigenvalue weighted by Gasteiger charge is 2.09. The van der Waals surface area contributed by atoms with Gasteiger partial charge < -0.3 is 15.4 Å². The summed E-state index contributed by atoms with van der Waals surface area (Å²) in [6, 6.07) is 6.66. The van der Waals surface area contributed by atoms with Crippen molar-refractivity contribution in [2.75, 3.05) is 30.9 Å². The van der Waals surface area contributed by atoms with Gasteiger partial charge in [0.2, 0.25) is 0 Å². The number of hydrogen-bond acceptors (Lipinski definition) is 6. The first-order valence-electron chi connectivity index (χ1n) is 7.07. The van der Waals surface area contributed by atoms with Crippen molar-refractivity contribution in [3.05, 3.63) is 47.9 Å². The minimum absolute atomic E-state index is 0.0229. The number of amides is 1. The number of benzene rings is 1. The Morgan fingerprint density at radius 2 is 1.87 bits per heavy atom. The van der Waals surface area contributed by atoms with Gasteiger partial charge in [-0.05, 0) is 31.2 Å². The highest BCUT2D eigenvalue weighted by Crippen LogP contribution is 2.11. The molecule has 120 valence electrons. The van der Waals surface area contributed by atoms with Crippen LogP contribution in [0.1, 0.15) is 27.8 Å². The Morgan fingerprint density at radius 1 is 1.13 bits per heavy atom. The van der Waals surface area contributed by atoms with E-state index in [2.05, 4.69) is 20.6 Å². The SMILES string of the molecule is COCCNc1cnc(C(=O)Nc2ccc(C(C)=O)cc2)cn1. The molecule has 1 heterocycles. The van der Waals surface area contributed by atoms with Crippen LogP contribution in [0.3, 0.4) is 0 Å². The number of Topliss-reactive ketones (excluding diaryl/α,β-unsaturated/α-hetero) is 1. The van der Waals surface area contributed by atoms with Gasteiger partial charge in [0.15, 0.2) is 5.78 Å². The standard InChI is InChI=1S/C16H18N4O3/c1-11(21)12-3-5-13(6-4-12)20-16(22)14-9-19-15(10-18-14)17-7-8-23-2/h3-6,9-10H,7-8H2,1-2H3,(H,17,19)(H,20,22). The fourth-order valence-electron chi connectivity index (χ4n) is 1.80. The number of carbonyl (C=O) groups excluding carboxylic acids is 2. The molecule has 0 bridgehead atoms. The molecule has 7 heteroatoms. The summed E-state index contributed by atoms with van der Waals surface area (Å²) in [5.41, 5.74) is 1.39. The highest BCUT2D eigenvalue weighted by atomic mass is 16.5. The van der Waals surface area contributed by atoms with Crippen LogP contribution in [0.15, 0.2) is 36.7 Å². The number of nitrogens with zero attached hydrogens (tertiary/aromatic N) is 2. The largest absolute Gasteiger partial charge is 0.383 e. The molecule has 0 atom stereocenters. The second-order valence-corrected chi connectivity index (χ2v) is 4.79. The Balaban J connectivity index is 1.96. The molecule has 0 radical (unpaired) electrons. The maximum Gasteiger partial charge on any atom is 0.275 e. The molecule has 0 aliphatic heterocycles. The Morgan fingerprint density at radius 3 is 2.43 bits per heavy atom. The lowest BCUT2D eigenvalue weighted by Crippen LogP contribution is -2.15. The molecule has 1 aromatic heterocycles. The Bertz CT molecular complexity index is 669. The minimum atomic E-state index is -0.364. The Kier molecular flexibility index (Phi) is 5.76. The van der Waals surface area contributed by atoms with Crippen molar-refractivity contribution in [2.45, 2.75) is 6.92 Å². The third kappa shape index (κ3) is 4.86. The van der Waals surface area contributed by atoms with Crippen LogP contribution in [-0.4, -0.2) is 41.9 Å². The van der Waals surface area contributed by atoms with E-state index in [1.54, 1.807) is 31.4 Å². The quantitative estimate of drug-likeness (QED) is 0.599. The zero-order valence-corrected chi connectivity index (χ0v) is 13.0. The Hall–Kier alpha value is -2.80. The number of methoxy groups -OCH3 is 1. The summed E-state index contributed by atoms with van der Waals surface area (Å²) in [5, 5.41) is 5.72. The van der Waals surface area contributed by atoms with Crippen molar-refractivity contribution in [3.8, 4) is 0 Å². The number of hydrogen-bond donors (Lipinski definition) is 2. The first-order valence-corrected chi connectivity index (χ1v) is 7.07. The predicted molar refractivity (Wildman–Crippen MR) is 86.8 cm³/mol. The van der Waals surface area contributed by atoms with E-state index in [0.29, 0.717) is 30.2 Å². The smallest absolute Gasteiger partial charge is 0.275 e. The van der Waals surface area contributed by atoms with Gasteiger partial charge in [0.05, 0.1) is 19.0 Å². The van der Waals surface area contributed by atoms with E-state index in [9.17, 15) is 9.59 Å². The van der Waals surface area contributed by atoms with E-state index < -0.39 is 0 Å². The highest BCUT2D eigenvalue weighted by molar-refractivity contribution is 6.03. The molecule has 1 aromatic carbocycles. The molecule has 0 unspecified atom stereocenters. The first-order chi connectivity index (χ1) is 11.1. The maximum atomic E-state index is 12.1. The monoisotopic (exact) mass is 314 g/mol. The van der Waals surface area contributed by atoms with E-state index in [4.69, 9.17) is 4.74 Å². The summed E-state index contributed by atoms with van der Waals surface area (Å²) in [6.07, 6.45) is 2.89.